The first-order chi connectivity index (χ1) is 13.7. The van der Waals surface area contributed by atoms with Crippen LogP contribution in [0.5, 0.6) is 5.75 Å². The fourth-order valence-electron chi connectivity index (χ4n) is 3.26. The number of nitrogens with one attached hydrogen (secondary N) is 1. The van der Waals surface area contributed by atoms with Crippen molar-refractivity contribution in [2.75, 3.05) is 0 Å². The number of carbonyl (C=O) groups excluding carboxylic acids is 1. The van der Waals surface area contributed by atoms with Crippen LogP contribution < -0.4 is 10.1 Å². The second kappa shape index (κ2) is 9.96. The Bertz CT molecular complexity index is 878. The van der Waals surface area contributed by atoms with Crippen molar-refractivity contribution in [1.82, 2.24) is 5.32 Å². The highest BCUT2D eigenvalue weighted by atomic mass is 35.5. The molecule has 0 heterocycles. The molecule has 0 radical (unpaired) electrons. The van der Waals surface area contributed by atoms with Gasteiger partial charge in [-0.05, 0) is 42.7 Å². The molecule has 1 amide bonds. The second-order valence-corrected chi connectivity index (χ2v) is 7.33. The minimum absolute atomic E-state index is 0.121. The molecular weight excluding hydrogens is 372 g/mol. The summed E-state index contributed by atoms with van der Waals surface area (Å²) in [7, 11) is 0. The number of carbonyl (C=O) groups is 1. The zero-order chi connectivity index (χ0) is 19.8. The van der Waals surface area contributed by atoms with Crippen molar-refractivity contribution in [3.63, 3.8) is 0 Å². The van der Waals surface area contributed by atoms with Gasteiger partial charge in [-0.3, -0.25) is 4.79 Å². The lowest BCUT2D eigenvalue weighted by Crippen LogP contribution is -2.36. The molecule has 28 heavy (non-hydrogen) atoms. The Kier molecular flexibility index (Phi) is 7.11. The van der Waals surface area contributed by atoms with Gasteiger partial charge >= 0.3 is 0 Å². The van der Waals surface area contributed by atoms with E-state index in [4.69, 9.17) is 16.3 Å². The first-order valence-corrected chi connectivity index (χ1v) is 9.92. The monoisotopic (exact) mass is 394 g/mol. The van der Waals surface area contributed by atoms with E-state index >= 15 is 0 Å². The maximum absolute atomic E-state index is 12.4. The summed E-state index contributed by atoms with van der Waals surface area (Å²) in [6.07, 6.45) is 7.07. The van der Waals surface area contributed by atoms with Gasteiger partial charge in [0.15, 0.2) is 0 Å². The molecule has 1 saturated carbocycles. The van der Waals surface area contributed by atoms with Crippen LogP contribution >= 0.6 is 11.6 Å². The molecule has 1 fully saturated rings. The third-order valence-corrected chi connectivity index (χ3v) is 5.22. The Balaban J connectivity index is 1.60. The van der Waals surface area contributed by atoms with E-state index in [9.17, 15) is 10.1 Å². The molecule has 2 aromatic rings. The van der Waals surface area contributed by atoms with Gasteiger partial charge in [0.2, 0.25) is 0 Å². The molecule has 1 aliphatic carbocycles. The van der Waals surface area contributed by atoms with E-state index in [2.05, 4.69) is 5.32 Å². The van der Waals surface area contributed by atoms with Crippen LogP contribution in [0.1, 0.15) is 43.2 Å². The standard InChI is InChI=1S/C23H23ClN2O2/c24-22-9-5-4-6-18(22)16-28-21-12-10-17(11-13-21)14-19(15-25)23(27)26-20-7-2-1-3-8-20/h4-6,9-14,20H,1-3,7-8,16H2,(H,26,27)/b19-14-. The van der Waals surface area contributed by atoms with Crippen LogP contribution in [0.25, 0.3) is 6.08 Å². The molecule has 0 saturated heterocycles. The average molecular weight is 395 g/mol. The lowest BCUT2D eigenvalue weighted by atomic mass is 9.95. The zero-order valence-corrected chi connectivity index (χ0v) is 16.4. The van der Waals surface area contributed by atoms with E-state index < -0.39 is 0 Å². The first-order valence-electron chi connectivity index (χ1n) is 9.54. The number of benzene rings is 2. The predicted octanol–water partition coefficient (Wildman–Crippen LogP) is 5.27. The summed E-state index contributed by atoms with van der Waals surface area (Å²) < 4.78 is 5.76. The Morgan fingerprint density at radius 1 is 1.14 bits per heavy atom. The van der Waals surface area contributed by atoms with Crippen LogP contribution in [0.2, 0.25) is 5.02 Å². The molecule has 4 nitrogen and oxygen atoms in total. The first kappa shape index (κ1) is 20.0. The number of ether oxygens (including phenoxy) is 1. The number of rotatable bonds is 6. The molecule has 0 unspecified atom stereocenters. The molecule has 3 rings (SSSR count). The Morgan fingerprint density at radius 2 is 1.86 bits per heavy atom. The number of hydrogen-bond donors (Lipinski definition) is 1. The van der Waals surface area contributed by atoms with Gasteiger partial charge < -0.3 is 10.1 Å². The Morgan fingerprint density at radius 3 is 2.54 bits per heavy atom. The van der Waals surface area contributed by atoms with Crippen molar-refractivity contribution in [1.29, 1.82) is 5.26 Å². The summed E-state index contributed by atoms with van der Waals surface area (Å²) in [5.41, 5.74) is 1.81. The van der Waals surface area contributed by atoms with Crippen LogP contribution in [-0.2, 0) is 11.4 Å². The molecule has 0 atom stereocenters. The van der Waals surface area contributed by atoms with Crippen LogP contribution in [0, 0.1) is 11.3 Å². The van der Waals surface area contributed by atoms with Gasteiger partial charge in [0.1, 0.15) is 24.0 Å². The van der Waals surface area contributed by atoms with Gasteiger partial charge in [-0.1, -0.05) is 61.2 Å². The van der Waals surface area contributed by atoms with E-state index in [0.29, 0.717) is 17.4 Å². The second-order valence-electron chi connectivity index (χ2n) is 6.93. The Labute approximate surface area is 170 Å². The Hall–Kier alpha value is -2.77. The predicted molar refractivity (Wildman–Crippen MR) is 111 cm³/mol. The topological polar surface area (TPSA) is 62.1 Å². The quantitative estimate of drug-likeness (QED) is 0.535. The normalized spacial score (nSPS) is 14.9. The number of nitriles is 1. The van der Waals surface area contributed by atoms with E-state index in [-0.39, 0.29) is 17.5 Å². The van der Waals surface area contributed by atoms with Crippen molar-refractivity contribution in [2.24, 2.45) is 0 Å². The summed E-state index contributed by atoms with van der Waals surface area (Å²) >= 11 is 6.13. The van der Waals surface area contributed by atoms with Crippen LogP contribution in [0.3, 0.4) is 0 Å². The van der Waals surface area contributed by atoms with Crippen LogP contribution in [0.4, 0.5) is 0 Å². The van der Waals surface area contributed by atoms with E-state index in [1.165, 1.54) is 6.42 Å². The maximum Gasteiger partial charge on any atom is 0.262 e. The fraction of sp³-hybridized carbons (Fsp3) is 0.304. The summed E-state index contributed by atoms with van der Waals surface area (Å²) in [4.78, 5) is 12.4. The average Bonchev–Trinajstić information content (AvgIpc) is 2.73. The number of amides is 1. The third-order valence-electron chi connectivity index (χ3n) is 4.85. The summed E-state index contributed by atoms with van der Waals surface area (Å²) in [5.74, 6) is 0.399. The van der Waals surface area contributed by atoms with Crippen LogP contribution in [-0.4, -0.2) is 11.9 Å². The van der Waals surface area contributed by atoms with Gasteiger partial charge in [-0.25, -0.2) is 0 Å². The molecular formula is C23H23ClN2O2. The molecule has 144 valence electrons. The van der Waals surface area contributed by atoms with E-state index in [1.54, 1.807) is 6.08 Å². The summed E-state index contributed by atoms with van der Waals surface area (Å²) in [6, 6.07) is 17.0. The molecule has 5 heteroatoms. The summed E-state index contributed by atoms with van der Waals surface area (Å²) in [5, 5.41) is 13.0. The van der Waals surface area contributed by atoms with Crippen LogP contribution in [0.15, 0.2) is 54.1 Å². The third kappa shape index (κ3) is 5.61. The number of halogens is 1. The van der Waals surface area contributed by atoms with Gasteiger partial charge in [-0.15, -0.1) is 0 Å². The van der Waals surface area contributed by atoms with Gasteiger partial charge in [0.05, 0.1) is 0 Å². The molecule has 0 bridgehead atoms. The molecule has 1 N–H and O–H groups in total. The van der Waals surface area contributed by atoms with Gasteiger partial charge in [0.25, 0.3) is 5.91 Å². The lowest BCUT2D eigenvalue weighted by molar-refractivity contribution is -0.117. The van der Waals surface area contributed by atoms with Gasteiger partial charge in [-0.2, -0.15) is 5.26 Å². The van der Waals surface area contributed by atoms with Crippen molar-refractivity contribution < 1.29 is 9.53 Å². The largest absolute Gasteiger partial charge is 0.489 e. The van der Waals surface area contributed by atoms with E-state index in [0.717, 1.165) is 36.8 Å². The summed E-state index contributed by atoms with van der Waals surface area (Å²) in [6.45, 7) is 0.377. The van der Waals surface area contributed by atoms with Crippen molar-refractivity contribution >= 4 is 23.6 Å². The number of hydrogen-bond acceptors (Lipinski definition) is 3. The SMILES string of the molecule is N#C/C(=C/c1ccc(OCc2ccccc2Cl)cc1)C(=O)NC1CCCCC1. The molecule has 0 aromatic heterocycles. The highest BCUT2D eigenvalue weighted by Gasteiger charge is 2.18. The van der Waals surface area contributed by atoms with Gasteiger partial charge in [0, 0.05) is 16.6 Å². The molecule has 1 aliphatic rings. The zero-order valence-electron chi connectivity index (χ0n) is 15.7. The number of nitrogens with zero attached hydrogens (tertiary/aromatic N) is 1. The van der Waals surface area contributed by atoms with Crippen molar-refractivity contribution in [3.05, 3.63) is 70.3 Å². The fourth-order valence-corrected chi connectivity index (χ4v) is 3.45. The lowest BCUT2D eigenvalue weighted by Gasteiger charge is -2.22. The smallest absolute Gasteiger partial charge is 0.262 e. The molecule has 2 aromatic carbocycles. The molecule has 0 aliphatic heterocycles. The minimum Gasteiger partial charge on any atom is -0.489 e. The van der Waals surface area contributed by atoms with Crippen molar-refractivity contribution in [3.8, 4) is 11.8 Å². The highest BCUT2D eigenvalue weighted by Crippen LogP contribution is 2.20. The maximum atomic E-state index is 12.4. The highest BCUT2D eigenvalue weighted by molar-refractivity contribution is 6.31. The molecule has 0 spiro atoms. The van der Waals surface area contributed by atoms with Crippen molar-refractivity contribution in [2.45, 2.75) is 44.8 Å². The van der Waals surface area contributed by atoms with E-state index in [1.807, 2.05) is 54.6 Å². The minimum atomic E-state index is -0.298.